The van der Waals surface area contributed by atoms with E-state index in [1.54, 1.807) is 0 Å². The highest BCUT2D eigenvalue weighted by Crippen LogP contribution is 2.20. The van der Waals surface area contributed by atoms with Crippen molar-refractivity contribution in [3.05, 3.63) is 58.1 Å². The number of hydrogen-bond donors (Lipinski definition) is 2. The molecule has 0 unspecified atom stereocenters. The first kappa shape index (κ1) is 16.4. The molecule has 0 saturated heterocycles. The number of rotatable bonds is 5. The molecule has 2 aromatic rings. The molecule has 0 radical (unpaired) electrons. The van der Waals surface area contributed by atoms with E-state index in [1.807, 2.05) is 25.1 Å². The summed E-state index contributed by atoms with van der Waals surface area (Å²) in [5.74, 6) is -1.81. The average molecular weight is 369 g/mol. The first-order valence-electron chi connectivity index (χ1n) is 6.70. The van der Waals surface area contributed by atoms with Crippen LogP contribution in [0.4, 0.5) is 20.2 Å². The summed E-state index contributed by atoms with van der Waals surface area (Å²) in [5, 5.41) is 5.52. The molecule has 22 heavy (non-hydrogen) atoms. The average Bonchev–Trinajstić information content (AvgIpc) is 2.46. The molecule has 2 aromatic carbocycles. The molecule has 2 N–H and O–H groups in total. The number of nitrogens with one attached hydrogen (secondary N) is 2. The van der Waals surface area contributed by atoms with E-state index in [-0.39, 0.29) is 18.0 Å². The van der Waals surface area contributed by atoms with E-state index in [1.165, 1.54) is 6.07 Å². The maximum absolute atomic E-state index is 13.4. The quantitative estimate of drug-likeness (QED) is 0.816. The van der Waals surface area contributed by atoms with Gasteiger partial charge in [-0.05, 0) is 36.8 Å². The number of carbonyl (C=O) groups excluding carboxylic acids is 1. The Bertz CT molecular complexity index is 692. The van der Waals surface area contributed by atoms with Crippen LogP contribution >= 0.6 is 15.9 Å². The van der Waals surface area contributed by atoms with Gasteiger partial charge in [0.05, 0.1) is 5.69 Å². The summed E-state index contributed by atoms with van der Waals surface area (Å²) < 4.78 is 27.2. The zero-order valence-electron chi connectivity index (χ0n) is 11.9. The van der Waals surface area contributed by atoms with Gasteiger partial charge in [-0.25, -0.2) is 8.78 Å². The molecule has 0 saturated carbocycles. The number of carbonyl (C=O) groups is 1. The van der Waals surface area contributed by atoms with E-state index < -0.39 is 11.6 Å². The second kappa shape index (κ2) is 7.35. The summed E-state index contributed by atoms with van der Waals surface area (Å²) >= 11 is 3.43. The molecule has 0 aliphatic heterocycles. The minimum Gasteiger partial charge on any atom is -0.384 e. The summed E-state index contributed by atoms with van der Waals surface area (Å²) in [5.41, 5.74) is 1.98. The van der Waals surface area contributed by atoms with Crippen molar-refractivity contribution in [1.29, 1.82) is 0 Å². The van der Waals surface area contributed by atoms with E-state index >= 15 is 0 Å². The minimum atomic E-state index is -0.788. The van der Waals surface area contributed by atoms with Gasteiger partial charge in [-0.15, -0.1) is 0 Å². The molecule has 0 heterocycles. The van der Waals surface area contributed by atoms with Crippen molar-refractivity contribution in [2.24, 2.45) is 0 Å². The Kier molecular flexibility index (Phi) is 5.49. The Morgan fingerprint density at radius 1 is 1.18 bits per heavy atom. The fraction of sp³-hybridized carbons (Fsp3) is 0.188. The Hall–Kier alpha value is -1.95. The van der Waals surface area contributed by atoms with E-state index in [2.05, 4.69) is 26.6 Å². The van der Waals surface area contributed by atoms with Crippen LogP contribution in [-0.4, -0.2) is 12.5 Å². The molecule has 0 aliphatic rings. The minimum absolute atomic E-state index is 0.0236. The van der Waals surface area contributed by atoms with Crippen LogP contribution in [0.15, 0.2) is 40.9 Å². The highest BCUT2D eigenvalue weighted by atomic mass is 79.9. The van der Waals surface area contributed by atoms with Gasteiger partial charge in [-0.3, -0.25) is 4.79 Å². The maximum atomic E-state index is 13.4. The molecule has 0 spiro atoms. The van der Waals surface area contributed by atoms with Crippen LogP contribution in [0.3, 0.4) is 0 Å². The molecular weight excluding hydrogens is 354 g/mol. The molecule has 0 aliphatic carbocycles. The lowest BCUT2D eigenvalue weighted by molar-refractivity contribution is -0.116. The zero-order valence-corrected chi connectivity index (χ0v) is 13.5. The van der Waals surface area contributed by atoms with Crippen LogP contribution in [0, 0.1) is 18.6 Å². The van der Waals surface area contributed by atoms with Gasteiger partial charge in [-0.2, -0.15) is 0 Å². The SMILES string of the molecule is Cc1ccc(NCCC(=O)Nc2ccc(F)cc2F)cc1Br. The van der Waals surface area contributed by atoms with Gasteiger partial charge >= 0.3 is 0 Å². The van der Waals surface area contributed by atoms with Gasteiger partial charge in [0.25, 0.3) is 0 Å². The molecule has 0 aromatic heterocycles. The molecule has 6 heteroatoms. The van der Waals surface area contributed by atoms with Gasteiger partial charge in [-0.1, -0.05) is 22.0 Å². The van der Waals surface area contributed by atoms with Crippen molar-refractivity contribution in [2.45, 2.75) is 13.3 Å². The zero-order chi connectivity index (χ0) is 16.1. The second-order valence-corrected chi connectivity index (χ2v) is 5.67. The maximum Gasteiger partial charge on any atom is 0.226 e. The van der Waals surface area contributed by atoms with Crippen molar-refractivity contribution in [1.82, 2.24) is 0 Å². The number of benzene rings is 2. The third-order valence-corrected chi connectivity index (χ3v) is 3.91. The monoisotopic (exact) mass is 368 g/mol. The van der Waals surface area contributed by atoms with Crippen molar-refractivity contribution >= 4 is 33.2 Å². The molecule has 2 rings (SSSR count). The molecule has 0 atom stereocenters. The Balaban J connectivity index is 1.83. The number of amides is 1. The molecule has 1 amide bonds. The number of halogens is 3. The number of aryl methyl sites for hydroxylation is 1. The standard InChI is InChI=1S/C16H15BrF2N2O/c1-10-2-4-12(9-13(10)17)20-7-6-16(22)21-15-5-3-11(18)8-14(15)19/h2-5,8-9,20H,6-7H2,1H3,(H,21,22). The van der Waals surface area contributed by atoms with Crippen LogP contribution in [-0.2, 0) is 4.79 Å². The Labute approximate surface area is 135 Å². The van der Waals surface area contributed by atoms with Gasteiger partial charge < -0.3 is 10.6 Å². The summed E-state index contributed by atoms with van der Waals surface area (Å²) in [7, 11) is 0. The van der Waals surface area contributed by atoms with Crippen molar-refractivity contribution in [3.63, 3.8) is 0 Å². The lowest BCUT2D eigenvalue weighted by Crippen LogP contribution is -2.17. The number of hydrogen-bond acceptors (Lipinski definition) is 2. The van der Waals surface area contributed by atoms with Crippen LogP contribution in [0.2, 0.25) is 0 Å². The van der Waals surface area contributed by atoms with Crippen LogP contribution < -0.4 is 10.6 Å². The number of anilines is 2. The summed E-state index contributed by atoms with van der Waals surface area (Å²) in [4.78, 5) is 11.7. The van der Waals surface area contributed by atoms with Crippen LogP contribution in [0.5, 0.6) is 0 Å². The largest absolute Gasteiger partial charge is 0.384 e. The third kappa shape index (κ3) is 4.53. The van der Waals surface area contributed by atoms with E-state index in [0.29, 0.717) is 6.54 Å². The van der Waals surface area contributed by atoms with Crippen LogP contribution in [0.1, 0.15) is 12.0 Å². The summed E-state index contributed by atoms with van der Waals surface area (Å²) in [6.07, 6.45) is 0.169. The topological polar surface area (TPSA) is 41.1 Å². The molecule has 0 fully saturated rings. The van der Waals surface area contributed by atoms with Gasteiger partial charge in [0.2, 0.25) is 5.91 Å². The Morgan fingerprint density at radius 3 is 2.64 bits per heavy atom. The van der Waals surface area contributed by atoms with Gasteiger partial charge in [0, 0.05) is 29.2 Å². The Morgan fingerprint density at radius 2 is 1.95 bits per heavy atom. The van der Waals surface area contributed by atoms with Crippen molar-refractivity contribution in [3.8, 4) is 0 Å². The molecule has 0 bridgehead atoms. The van der Waals surface area contributed by atoms with Crippen LogP contribution in [0.25, 0.3) is 0 Å². The van der Waals surface area contributed by atoms with E-state index in [0.717, 1.165) is 27.9 Å². The second-order valence-electron chi connectivity index (χ2n) is 4.81. The fourth-order valence-corrected chi connectivity index (χ4v) is 2.21. The predicted molar refractivity (Wildman–Crippen MR) is 87.0 cm³/mol. The fourth-order valence-electron chi connectivity index (χ4n) is 1.83. The third-order valence-electron chi connectivity index (χ3n) is 3.06. The first-order chi connectivity index (χ1) is 10.5. The van der Waals surface area contributed by atoms with Crippen molar-refractivity contribution in [2.75, 3.05) is 17.2 Å². The van der Waals surface area contributed by atoms with Gasteiger partial charge in [0.15, 0.2) is 0 Å². The smallest absolute Gasteiger partial charge is 0.226 e. The summed E-state index contributed by atoms with van der Waals surface area (Å²) in [6, 6.07) is 8.83. The van der Waals surface area contributed by atoms with E-state index in [4.69, 9.17) is 0 Å². The normalized spacial score (nSPS) is 10.4. The lowest BCUT2D eigenvalue weighted by atomic mass is 10.2. The van der Waals surface area contributed by atoms with Gasteiger partial charge in [0.1, 0.15) is 11.6 Å². The lowest BCUT2D eigenvalue weighted by Gasteiger charge is -2.09. The molecule has 116 valence electrons. The highest BCUT2D eigenvalue weighted by Gasteiger charge is 2.08. The molecular formula is C16H15BrF2N2O. The van der Waals surface area contributed by atoms with Crippen molar-refractivity contribution < 1.29 is 13.6 Å². The van der Waals surface area contributed by atoms with E-state index in [9.17, 15) is 13.6 Å². The predicted octanol–water partition coefficient (Wildman–Crippen LogP) is 4.48. The first-order valence-corrected chi connectivity index (χ1v) is 7.50. The highest BCUT2D eigenvalue weighted by molar-refractivity contribution is 9.10. The molecule has 3 nitrogen and oxygen atoms in total. The summed E-state index contributed by atoms with van der Waals surface area (Å²) in [6.45, 7) is 2.39.